The normalized spacial score (nSPS) is 11.1. The SMILES string of the molecule is CN(CC(C)(C)CN)C(=O)c1csc(-c2ccc(Br)s2)n1.Cl. The van der Waals surface area contributed by atoms with E-state index >= 15 is 0 Å². The Bertz CT molecular complexity index is 642. The zero-order valence-corrected chi connectivity index (χ0v) is 16.7. The van der Waals surface area contributed by atoms with Gasteiger partial charge in [-0.15, -0.1) is 35.1 Å². The van der Waals surface area contributed by atoms with Crippen molar-refractivity contribution in [3.05, 3.63) is 27.0 Å². The third-order valence-electron chi connectivity index (χ3n) is 3.07. The highest BCUT2D eigenvalue weighted by Gasteiger charge is 2.23. The van der Waals surface area contributed by atoms with Crippen molar-refractivity contribution in [3.8, 4) is 9.88 Å². The number of nitrogens with two attached hydrogens (primary N) is 1. The molecule has 22 heavy (non-hydrogen) atoms. The second-order valence-corrected chi connectivity index (χ2v) is 8.99. The van der Waals surface area contributed by atoms with Crippen LogP contribution >= 0.6 is 51.0 Å². The first kappa shape index (κ1) is 19.6. The molecule has 0 saturated heterocycles. The molecule has 2 aromatic rings. The summed E-state index contributed by atoms with van der Waals surface area (Å²) in [7, 11) is 1.79. The molecule has 0 aliphatic rings. The lowest BCUT2D eigenvalue weighted by Crippen LogP contribution is -2.39. The van der Waals surface area contributed by atoms with Gasteiger partial charge < -0.3 is 10.6 Å². The van der Waals surface area contributed by atoms with Crippen LogP contribution in [0.3, 0.4) is 0 Å². The average molecular weight is 425 g/mol. The molecule has 0 unspecified atom stereocenters. The molecule has 2 aromatic heterocycles. The minimum Gasteiger partial charge on any atom is -0.340 e. The van der Waals surface area contributed by atoms with Gasteiger partial charge in [0.15, 0.2) is 0 Å². The number of carbonyl (C=O) groups is 1. The minimum absolute atomic E-state index is 0. The first-order valence-electron chi connectivity index (χ1n) is 6.49. The van der Waals surface area contributed by atoms with Gasteiger partial charge in [0.2, 0.25) is 0 Å². The lowest BCUT2D eigenvalue weighted by atomic mass is 9.93. The van der Waals surface area contributed by atoms with Crippen molar-refractivity contribution in [2.24, 2.45) is 11.1 Å². The van der Waals surface area contributed by atoms with E-state index in [9.17, 15) is 4.79 Å². The Morgan fingerprint density at radius 3 is 2.68 bits per heavy atom. The van der Waals surface area contributed by atoms with E-state index in [1.807, 2.05) is 31.4 Å². The predicted molar refractivity (Wildman–Crippen MR) is 100 cm³/mol. The second kappa shape index (κ2) is 7.88. The summed E-state index contributed by atoms with van der Waals surface area (Å²) in [5, 5.41) is 2.69. The van der Waals surface area contributed by atoms with Crippen molar-refractivity contribution in [2.75, 3.05) is 20.1 Å². The maximum Gasteiger partial charge on any atom is 0.273 e. The molecule has 0 fully saturated rings. The Kier molecular flexibility index (Phi) is 7.01. The summed E-state index contributed by atoms with van der Waals surface area (Å²) < 4.78 is 1.06. The Labute approximate surface area is 153 Å². The number of rotatable bonds is 5. The number of aromatic nitrogens is 1. The molecule has 0 radical (unpaired) electrons. The van der Waals surface area contributed by atoms with Crippen molar-refractivity contribution < 1.29 is 4.79 Å². The fourth-order valence-electron chi connectivity index (χ4n) is 1.89. The molecule has 0 aromatic carbocycles. The molecule has 0 bridgehead atoms. The Hall–Kier alpha value is -0.470. The van der Waals surface area contributed by atoms with Crippen molar-refractivity contribution in [1.29, 1.82) is 0 Å². The first-order chi connectivity index (χ1) is 9.82. The molecule has 0 saturated carbocycles. The third-order valence-corrected chi connectivity index (χ3v) is 5.71. The van der Waals surface area contributed by atoms with E-state index in [0.717, 1.165) is 13.7 Å². The Balaban J connectivity index is 0.00000242. The molecule has 0 aliphatic carbocycles. The average Bonchev–Trinajstić information content (AvgIpc) is 3.05. The summed E-state index contributed by atoms with van der Waals surface area (Å²) in [4.78, 5) is 19.6. The molecule has 0 spiro atoms. The van der Waals surface area contributed by atoms with Gasteiger partial charge in [0.05, 0.1) is 8.66 Å². The number of nitrogens with zero attached hydrogens (tertiary/aromatic N) is 2. The number of amides is 1. The highest BCUT2D eigenvalue weighted by molar-refractivity contribution is 9.11. The van der Waals surface area contributed by atoms with Gasteiger partial charge in [0.25, 0.3) is 5.91 Å². The molecule has 0 aliphatic heterocycles. The number of thiazole rings is 1. The number of halogens is 2. The summed E-state index contributed by atoms with van der Waals surface area (Å²) in [5.41, 5.74) is 6.12. The summed E-state index contributed by atoms with van der Waals surface area (Å²) in [6, 6.07) is 3.99. The van der Waals surface area contributed by atoms with Crippen LogP contribution in [0.15, 0.2) is 21.3 Å². The van der Waals surface area contributed by atoms with Gasteiger partial charge in [-0.2, -0.15) is 0 Å². The van der Waals surface area contributed by atoms with Crippen LogP contribution in [0.1, 0.15) is 24.3 Å². The maximum absolute atomic E-state index is 12.4. The fraction of sp³-hybridized carbons (Fsp3) is 0.429. The summed E-state index contributed by atoms with van der Waals surface area (Å²) >= 11 is 6.54. The number of hydrogen-bond donors (Lipinski definition) is 1. The molecule has 8 heteroatoms. The van der Waals surface area contributed by atoms with Crippen LogP contribution in [-0.2, 0) is 0 Å². The third kappa shape index (κ3) is 4.76. The molecule has 122 valence electrons. The van der Waals surface area contributed by atoms with Crippen molar-refractivity contribution in [2.45, 2.75) is 13.8 Å². The van der Waals surface area contributed by atoms with Crippen LogP contribution in [-0.4, -0.2) is 35.9 Å². The Morgan fingerprint density at radius 1 is 1.45 bits per heavy atom. The van der Waals surface area contributed by atoms with Gasteiger partial charge in [0.1, 0.15) is 10.7 Å². The van der Waals surface area contributed by atoms with Gasteiger partial charge in [-0.1, -0.05) is 13.8 Å². The number of thiophene rings is 1. The van der Waals surface area contributed by atoms with Gasteiger partial charge in [0, 0.05) is 19.0 Å². The molecule has 4 nitrogen and oxygen atoms in total. The van der Waals surface area contributed by atoms with E-state index in [0.29, 0.717) is 18.8 Å². The van der Waals surface area contributed by atoms with Crippen LogP contribution in [0, 0.1) is 5.41 Å². The first-order valence-corrected chi connectivity index (χ1v) is 8.98. The standard InChI is InChI=1S/C14H18BrN3OS2.ClH/c1-14(2,7-16)8-18(3)13(19)9-6-20-12(17-9)10-4-5-11(15)21-10;/h4-6H,7-8,16H2,1-3H3;1H. The lowest BCUT2D eigenvalue weighted by molar-refractivity contribution is 0.0735. The zero-order chi connectivity index (χ0) is 15.6. The van der Waals surface area contributed by atoms with E-state index in [2.05, 4.69) is 20.9 Å². The maximum atomic E-state index is 12.4. The van der Waals surface area contributed by atoms with Crippen LogP contribution in [0.2, 0.25) is 0 Å². The molecular weight excluding hydrogens is 406 g/mol. The largest absolute Gasteiger partial charge is 0.340 e. The fourth-order valence-corrected chi connectivity index (χ4v) is 4.14. The molecule has 1 amide bonds. The van der Waals surface area contributed by atoms with Crippen LogP contribution in [0.25, 0.3) is 9.88 Å². The van der Waals surface area contributed by atoms with E-state index in [1.165, 1.54) is 11.3 Å². The van der Waals surface area contributed by atoms with E-state index in [4.69, 9.17) is 5.73 Å². The highest BCUT2D eigenvalue weighted by Crippen LogP contribution is 2.33. The molecular formula is C14H19BrClN3OS2. The zero-order valence-electron chi connectivity index (χ0n) is 12.6. The monoisotopic (exact) mass is 423 g/mol. The summed E-state index contributed by atoms with van der Waals surface area (Å²) in [5.74, 6) is -0.0605. The topological polar surface area (TPSA) is 59.2 Å². The van der Waals surface area contributed by atoms with E-state index in [1.54, 1.807) is 23.3 Å². The summed E-state index contributed by atoms with van der Waals surface area (Å²) in [6.45, 7) is 5.24. The summed E-state index contributed by atoms with van der Waals surface area (Å²) in [6.07, 6.45) is 0. The predicted octanol–water partition coefficient (Wildman–Crippen LogP) is 4.11. The molecule has 2 N–H and O–H groups in total. The van der Waals surface area contributed by atoms with Crippen LogP contribution in [0.5, 0.6) is 0 Å². The van der Waals surface area contributed by atoms with Crippen LogP contribution in [0.4, 0.5) is 0 Å². The number of carbonyl (C=O) groups excluding carboxylic acids is 1. The van der Waals surface area contributed by atoms with Gasteiger partial charge in [-0.25, -0.2) is 4.98 Å². The van der Waals surface area contributed by atoms with Crippen molar-refractivity contribution in [3.63, 3.8) is 0 Å². The van der Waals surface area contributed by atoms with Crippen molar-refractivity contribution in [1.82, 2.24) is 9.88 Å². The van der Waals surface area contributed by atoms with Gasteiger partial charge in [-0.05, 0) is 40.0 Å². The lowest BCUT2D eigenvalue weighted by Gasteiger charge is -2.28. The quantitative estimate of drug-likeness (QED) is 0.785. The highest BCUT2D eigenvalue weighted by atomic mass is 79.9. The molecule has 2 heterocycles. The van der Waals surface area contributed by atoms with Crippen LogP contribution < -0.4 is 5.73 Å². The van der Waals surface area contributed by atoms with E-state index < -0.39 is 0 Å². The Morgan fingerprint density at radius 2 is 2.14 bits per heavy atom. The van der Waals surface area contributed by atoms with Gasteiger partial charge >= 0.3 is 0 Å². The smallest absolute Gasteiger partial charge is 0.273 e. The molecule has 0 atom stereocenters. The van der Waals surface area contributed by atoms with Gasteiger partial charge in [-0.3, -0.25) is 4.79 Å². The second-order valence-electron chi connectivity index (χ2n) is 5.67. The number of hydrogen-bond acceptors (Lipinski definition) is 5. The van der Waals surface area contributed by atoms with Crippen molar-refractivity contribution >= 4 is 56.9 Å². The minimum atomic E-state index is -0.0954. The molecule has 2 rings (SSSR count). The van der Waals surface area contributed by atoms with E-state index in [-0.39, 0.29) is 23.7 Å².